The van der Waals surface area contributed by atoms with Crippen molar-refractivity contribution in [3.05, 3.63) is 77.6 Å². The topological polar surface area (TPSA) is 102 Å². The highest BCUT2D eigenvalue weighted by molar-refractivity contribution is 7.89. The summed E-state index contributed by atoms with van der Waals surface area (Å²) in [4.78, 5) is 28.2. The third kappa shape index (κ3) is 4.42. The molecule has 9 nitrogen and oxygen atoms in total. The molecule has 12 heteroatoms. The summed E-state index contributed by atoms with van der Waals surface area (Å²) in [6.07, 6.45) is 1.35. The third-order valence-electron chi connectivity index (χ3n) is 5.94. The Morgan fingerprint density at radius 2 is 1.66 bits per heavy atom. The number of hydrogen-bond donors (Lipinski definition) is 0. The van der Waals surface area contributed by atoms with Crippen LogP contribution in [-0.2, 0) is 32.7 Å². The van der Waals surface area contributed by atoms with Gasteiger partial charge in [0.2, 0.25) is 5.91 Å². The molecule has 182 valence electrons. The number of fused-ring (bicyclic) bond motifs is 1. The normalized spacial score (nSPS) is 16.8. The van der Waals surface area contributed by atoms with Gasteiger partial charge in [0.25, 0.3) is 10.0 Å². The Balaban J connectivity index is 1.33. The minimum atomic E-state index is -4.06. The van der Waals surface area contributed by atoms with Crippen molar-refractivity contribution >= 4 is 21.7 Å². The van der Waals surface area contributed by atoms with E-state index in [0.717, 1.165) is 33.9 Å². The fourth-order valence-corrected chi connectivity index (χ4v) is 5.38. The quantitative estimate of drug-likeness (QED) is 0.488. The molecule has 0 radical (unpaired) electrons. The van der Waals surface area contributed by atoms with Crippen LogP contribution in [-0.4, -0.2) is 58.8 Å². The second-order valence-corrected chi connectivity index (χ2v) is 10.1. The maximum atomic E-state index is 13.4. The Bertz CT molecular complexity index is 1350. The molecule has 0 spiro atoms. The lowest BCUT2D eigenvalue weighted by Crippen LogP contribution is -2.53. The molecule has 0 N–H and O–H groups in total. The number of halogens is 2. The van der Waals surface area contributed by atoms with Gasteiger partial charge in [-0.15, -0.1) is 0 Å². The standard InChI is InChI=1S/C23H20F2N4O5S/c24-23(25)34-18-6-8-19(9-7-18)35(32,33)29-11-16-10-28(14-20(16)26-29)22(31)21(27-12-17(30)13-27)15-4-2-1-3-5-15/h1-9,11,21,23H,10,12-14H2/t21-/m0/s1. The van der Waals surface area contributed by atoms with Gasteiger partial charge in [0, 0.05) is 18.3 Å². The van der Waals surface area contributed by atoms with Crippen molar-refractivity contribution in [1.82, 2.24) is 19.0 Å². The molecule has 0 unspecified atom stereocenters. The molecule has 1 saturated heterocycles. The summed E-state index contributed by atoms with van der Waals surface area (Å²) in [6.45, 7) is -2.30. The van der Waals surface area contributed by atoms with Gasteiger partial charge in [-0.3, -0.25) is 14.5 Å². The van der Waals surface area contributed by atoms with E-state index < -0.39 is 22.7 Å². The van der Waals surface area contributed by atoms with E-state index in [1.807, 2.05) is 35.2 Å². The Hall–Kier alpha value is -3.64. The number of alkyl halides is 2. The summed E-state index contributed by atoms with van der Waals surface area (Å²) in [5.41, 5.74) is 1.82. The fourth-order valence-electron chi connectivity index (χ4n) is 4.21. The van der Waals surface area contributed by atoms with Crippen LogP contribution in [0.1, 0.15) is 22.9 Å². The summed E-state index contributed by atoms with van der Waals surface area (Å²) in [5, 5.41) is 4.18. The summed E-state index contributed by atoms with van der Waals surface area (Å²) in [7, 11) is -4.06. The molecule has 2 aliphatic rings. The predicted molar refractivity (Wildman–Crippen MR) is 118 cm³/mol. The van der Waals surface area contributed by atoms with E-state index in [1.165, 1.54) is 6.20 Å². The van der Waals surface area contributed by atoms with Crippen LogP contribution >= 0.6 is 0 Å². The first-order chi connectivity index (χ1) is 16.7. The van der Waals surface area contributed by atoms with Crippen LogP contribution < -0.4 is 4.74 Å². The van der Waals surface area contributed by atoms with E-state index in [1.54, 1.807) is 4.90 Å². The number of amides is 1. The van der Waals surface area contributed by atoms with Gasteiger partial charge in [-0.05, 0) is 29.8 Å². The zero-order valence-corrected chi connectivity index (χ0v) is 19.1. The van der Waals surface area contributed by atoms with Crippen molar-refractivity contribution in [2.45, 2.75) is 30.6 Å². The number of rotatable bonds is 7. The monoisotopic (exact) mass is 502 g/mol. The first kappa shape index (κ1) is 23.1. The summed E-state index contributed by atoms with van der Waals surface area (Å²) >= 11 is 0. The van der Waals surface area contributed by atoms with Crippen LogP contribution in [0.2, 0.25) is 0 Å². The lowest BCUT2D eigenvalue weighted by atomic mass is 10.00. The van der Waals surface area contributed by atoms with E-state index in [-0.39, 0.29) is 48.5 Å². The van der Waals surface area contributed by atoms with Gasteiger partial charge >= 0.3 is 6.61 Å². The minimum absolute atomic E-state index is 0.0683. The van der Waals surface area contributed by atoms with Crippen LogP contribution in [0.5, 0.6) is 5.75 Å². The predicted octanol–water partition coefficient (Wildman–Crippen LogP) is 2.19. The summed E-state index contributed by atoms with van der Waals surface area (Å²) in [5.74, 6) is -0.280. The van der Waals surface area contributed by atoms with Gasteiger partial charge in [0.1, 0.15) is 11.8 Å². The van der Waals surface area contributed by atoms with Crippen molar-refractivity contribution in [3.63, 3.8) is 0 Å². The third-order valence-corrected chi connectivity index (χ3v) is 7.48. The largest absolute Gasteiger partial charge is 0.435 e. The van der Waals surface area contributed by atoms with Gasteiger partial charge < -0.3 is 9.64 Å². The van der Waals surface area contributed by atoms with Crippen molar-refractivity contribution in [2.75, 3.05) is 13.1 Å². The van der Waals surface area contributed by atoms with Gasteiger partial charge in [-0.25, -0.2) is 0 Å². The highest BCUT2D eigenvalue weighted by Crippen LogP contribution is 2.31. The molecule has 2 aliphatic heterocycles. The van der Waals surface area contributed by atoms with Gasteiger partial charge in [0.05, 0.1) is 30.2 Å². The number of benzene rings is 2. The first-order valence-corrected chi connectivity index (χ1v) is 12.1. The molecule has 0 saturated carbocycles. The molecule has 2 aromatic carbocycles. The van der Waals surface area contributed by atoms with Crippen molar-refractivity contribution in [3.8, 4) is 5.75 Å². The maximum Gasteiger partial charge on any atom is 0.387 e. The zero-order chi connectivity index (χ0) is 24.7. The van der Waals surface area contributed by atoms with Crippen LogP contribution in [0.3, 0.4) is 0 Å². The van der Waals surface area contributed by atoms with Crippen LogP contribution in [0.25, 0.3) is 0 Å². The summed E-state index contributed by atoms with van der Waals surface area (Å²) in [6, 6.07) is 13.2. The second kappa shape index (κ2) is 8.86. The fraction of sp³-hybridized carbons (Fsp3) is 0.261. The number of nitrogens with zero attached hydrogens (tertiary/aromatic N) is 4. The Morgan fingerprint density at radius 3 is 2.26 bits per heavy atom. The average molecular weight is 502 g/mol. The van der Waals surface area contributed by atoms with E-state index in [4.69, 9.17) is 0 Å². The molecule has 3 heterocycles. The number of carbonyl (C=O) groups excluding carboxylic acids is 2. The van der Waals surface area contributed by atoms with Crippen molar-refractivity contribution in [2.24, 2.45) is 0 Å². The number of ketones is 1. The minimum Gasteiger partial charge on any atom is -0.435 e. The summed E-state index contributed by atoms with van der Waals surface area (Å²) < 4.78 is 55.6. The number of likely N-dealkylation sites (tertiary alicyclic amines) is 1. The van der Waals surface area contributed by atoms with Gasteiger partial charge in [-0.1, -0.05) is 30.3 Å². The Kier molecular flexibility index (Phi) is 5.85. The van der Waals surface area contributed by atoms with E-state index in [0.29, 0.717) is 11.3 Å². The lowest BCUT2D eigenvalue weighted by molar-refractivity contribution is -0.144. The molecule has 3 aromatic rings. The smallest absolute Gasteiger partial charge is 0.387 e. The van der Waals surface area contributed by atoms with Crippen LogP contribution in [0, 0.1) is 0 Å². The average Bonchev–Trinajstić information content (AvgIpc) is 3.39. The van der Waals surface area contributed by atoms with E-state index >= 15 is 0 Å². The number of aromatic nitrogens is 2. The molecule has 0 bridgehead atoms. The number of carbonyl (C=O) groups is 2. The molecular weight excluding hydrogens is 482 g/mol. The van der Waals surface area contributed by atoms with Crippen LogP contribution in [0.4, 0.5) is 8.78 Å². The van der Waals surface area contributed by atoms with Crippen LogP contribution in [0.15, 0.2) is 65.7 Å². The SMILES string of the molecule is O=C1CN([C@H](C(=O)N2Cc3cn(S(=O)(=O)c4ccc(OC(F)F)cc4)nc3C2)c2ccccc2)C1. The van der Waals surface area contributed by atoms with E-state index in [2.05, 4.69) is 9.84 Å². The van der Waals surface area contributed by atoms with Crippen molar-refractivity contribution in [1.29, 1.82) is 0 Å². The number of Topliss-reactive ketones (excluding diaryl/α,β-unsaturated/α-hetero) is 1. The lowest BCUT2D eigenvalue weighted by Gasteiger charge is -2.38. The van der Waals surface area contributed by atoms with Gasteiger partial charge in [-0.2, -0.15) is 26.4 Å². The highest BCUT2D eigenvalue weighted by Gasteiger charge is 2.40. The Morgan fingerprint density at radius 1 is 0.971 bits per heavy atom. The molecule has 1 amide bonds. The first-order valence-electron chi connectivity index (χ1n) is 10.7. The highest BCUT2D eigenvalue weighted by atomic mass is 32.2. The maximum absolute atomic E-state index is 13.4. The molecule has 1 fully saturated rings. The van der Waals surface area contributed by atoms with E-state index in [9.17, 15) is 26.8 Å². The molecule has 35 heavy (non-hydrogen) atoms. The zero-order valence-electron chi connectivity index (χ0n) is 18.3. The number of hydrogen-bond acceptors (Lipinski definition) is 7. The molecule has 0 aliphatic carbocycles. The second-order valence-electron chi connectivity index (χ2n) is 8.28. The van der Waals surface area contributed by atoms with Gasteiger partial charge in [0.15, 0.2) is 5.78 Å². The van der Waals surface area contributed by atoms with Crippen molar-refractivity contribution < 1.29 is 31.5 Å². The number of ether oxygens (including phenoxy) is 1. The molecule has 1 aromatic heterocycles. The molecule has 1 atom stereocenters. The molecular formula is C23H20F2N4O5S. The Labute approximate surface area is 199 Å². The molecule has 5 rings (SSSR count).